The highest BCUT2D eigenvalue weighted by Crippen LogP contribution is 2.21. The van der Waals surface area contributed by atoms with Gasteiger partial charge in [0.25, 0.3) is 0 Å². The Morgan fingerprint density at radius 2 is 2.21 bits per heavy atom. The van der Waals surface area contributed by atoms with Crippen molar-refractivity contribution >= 4 is 33.5 Å². The minimum absolute atomic E-state index is 0.114. The predicted molar refractivity (Wildman–Crippen MR) is 53.2 cm³/mol. The lowest BCUT2D eigenvalue weighted by atomic mass is 10.3. The van der Waals surface area contributed by atoms with E-state index < -0.39 is 5.97 Å². The zero-order valence-corrected chi connectivity index (χ0v) is 8.83. The van der Waals surface area contributed by atoms with Crippen molar-refractivity contribution in [2.45, 2.75) is 6.92 Å². The van der Waals surface area contributed by atoms with Gasteiger partial charge in [-0.25, -0.2) is 9.78 Å². The molecule has 6 heteroatoms. The zero-order valence-electron chi connectivity index (χ0n) is 7.24. The second kappa shape index (κ2) is 4.19. The highest BCUT2D eigenvalue weighted by Gasteiger charge is 2.09. The molecule has 0 atom stereocenters. The van der Waals surface area contributed by atoms with Crippen molar-refractivity contribution in [3.63, 3.8) is 0 Å². The standard InChI is InChI=1S/C8H7BrN2O3/c1-4(12)11-6-2-7(8(13)14)10-3-5(6)9/h2-3H,1H3,(H,13,14)(H,10,11,12). The van der Waals surface area contributed by atoms with Gasteiger partial charge >= 0.3 is 5.97 Å². The third kappa shape index (κ3) is 2.53. The number of amides is 1. The second-order valence-electron chi connectivity index (χ2n) is 2.54. The van der Waals surface area contributed by atoms with Crippen molar-refractivity contribution in [2.75, 3.05) is 5.32 Å². The molecule has 0 unspecified atom stereocenters. The third-order valence-electron chi connectivity index (χ3n) is 1.39. The van der Waals surface area contributed by atoms with Crippen LogP contribution in [0.2, 0.25) is 0 Å². The average Bonchev–Trinajstić information content (AvgIpc) is 2.07. The Labute approximate surface area is 88.3 Å². The normalized spacial score (nSPS) is 9.57. The number of hydrogen-bond acceptors (Lipinski definition) is 3. The number of halogens is 1. The van der Waals surface area contributed by atoms with Gasteiger partial charge in [0.05, 0.1) is 10.2 Å². The van der Waals surface area contributed by atoms with Gasteiger partial charge in [-0.15, -0.1) is 0 Å². The molecule has 5 nitrogen and oxygen atoms in total. The maximum atomic E-state index is 10.7. The van der Waals surface area contributed by atoms with Crippen LogP contribution in [0.1, 0.15) is 17.4 Å². The lowest BCUT2D eigenvalue weighted by molar-refractivity contribution is -0.114. The molecule has 0 spiro atoms. The SMILES string of the molecule is CC(=O)Nc1cc(C(=O)O)ncc1Br. The first-order chi connectivity index (χ1) is 6.50. The van der Waals surface area contributed by atoms with Crippen molar-refractivity contribution in [3.8, 4) is 0 Å². The van der Waals surface area contributed by atoms with Crippen LogP contribution in [-0.2, 0) is 4.79 Å². The molecule has 0 fully saturated rings. The largest absolute Gasteiger partial charge is 0.477 e. The molecule has 0 bridgehead atoms. The van der Waals surface area contributed by atoms with Crippen LogP contribution in [-0.4, -0.2) is 22.0 Å². The summed E-state index contributed by atoms with van der Waals surface area (Å²) in [5.74, 6) is -1.41. The average molecular weight is 259 g/mol. The van der Waals surface area contributed by atoms with E-state index in [4.69, 9.17) is 5.11 Å². The van der Waals surface area contributed by atoms with Gasteiger partial charge in [0.1, 0.15) is 5.69 Å². The lowest BCUT2D eigenvalue weighted by Gasteiger charge is -2.04. The summed E-state index contributed by atoms with van der Waals surface area (Å²) in [6, 6.07) is 1.29. The Bertz CT molecular complexity index is 392. The molecular weight excluding hydrogens is 252 g/mol. The first-order valence-electron chi connectivity index (χ1n) is 3.67. The maximum Gasteiger partial charge on any atom is 0.354 e. The van der Waals surface area contributed by atoms with Gasteiger partial charge < -0.3 is 10.4 Å². The summed E-state index contributed by atoms with van der Waals surface area (Å²) in [4.78, 5) is 25.0. The summed E-state index contributed by atoms with van der Waals surface area (Å²) in [6.07, 6.45) is 1.33. The van der Waals surface area contributed by atoms with E-state index in [9.17, 15) is 9.59 Å². The summed E-state index contributed by atoms with van der Waals surface area (Å²) < 4.78 is 0.540. The van der Waals surface area contributed by atoms with E-state index in [-0.39, 0.29) is 11.6 Å². The van der Waals surface area contributed by atoms with Crippen LogP contribution in [0.5, 0.6) is 0 Å². The molecular formula is C8H7BrN2O3. The van der Waals surface area contributed by atoms with E-state index in [0.717, 1.165) is 0 Å². The maximum absolute atomic E-state index is 10.7. The van der Waals surface area contributed by atoms with Gasteiger partial charge in [-0.2, -0.15) is 0 Å². The number of carboxylic acids is 1. The summed E-state index contributed by atoms with van der Waals surface area (Å²) in [6.45, 7) is 1.34. The smallest absolute Gasteiger partial charge is 0.354 e. The number of pyridine rings is 1. The van der Waals surface area contributed by atoms with E-state index in [1.807, 2.05) is 0 Å². The van der Waals surface area contributed by atoms with E-state index in [1.165, 1.54) is 19.2 Å². The second-order valence-corrected chi connectivity index (χ2v) is 3.39. The first kappa shape index (κ1) is 10.6. The quantitative estimate of drug-likeness (QED) is 0.843. The summed E-state index contributed by atoms with van der Waals surface area (Å²) in [5, 5.41) is 11.1. The fraction of sp³-hybridized carbons (Fsp3) is 0.125. The molecule has 0 aliphatic rings. The highest BCUT2D eigenvalue weighted by atomic mass is 79.9. The fourth-order valence-electron chi connectivity index (χ4n) is 0.841. The Morgan fingerprint density at radius 3 is 2.71 bits per heavy atom. The van der Waals surface area contributed by atoms with Crippen molar-refractivity contribution in [3.05, 3.63) is 22.4 Å². The Balaban J connectivity index is 3.08. The predicted octanol–water partition coefficient (Wildman–Crippen LogP) is 1.50. The number of nitrogens with one attached hydrogen (secondary N) is 1. The molecule has 0 saturated heterocycles. The summed E-state index contributed by atoms with van der Waals surface area (Å²) >= 11 is 3.14. The molecule has 0 aliphatic carbocycles. The van der Waals surface area contributed by atoms with Crippen LogP contribution in [0.25, 0.3) is 0 Å². The number of hydrogen-bond donors (Lipinski definition) is 2. The van der Waals surface area contributed by atoms with Gasteiger partial charge in [0, 0.05) is 13.1 Å². The molecule has 1 rings (SSSR count). The molecule has 14 heavy (non-hydrogen) atoms. The number of aromatic nitrogens is 1. The number of aromatic carboxylic acids is 1. The van der Waals surface area contributed by atoms with Gasteiger partial charge in [-0.05, 0) is 22.0 Å². The summed E-state index contributed by atoms with van der Waals surface area (Å²) in [7, 11) is 0. The number of rotatable bonds is 2. The van der Waals surface area contributed by atoms with Crippen molar-refractivity contribution in [1.29, 1.82) is 0 Å². The molecule has 1 aromatic rings. The third-order valence-corrected chi connectivity index (χ3v) is 2.02. The van der Waals surface area contributed by atoms with E-state index >= 15 is 0 Å². The van der Waals surface area contributed by atoms with Crippen molar-refractivity contribution < 1.29 is 14.7 Å². The molecule has 74 valence electrons. The molecule has 0 aliphatic heterocycles. The highest BCUT2D eigenvalue weighted by molar-refractivity contribution is 9.10. The first-order valence-corrected chi connectivity index (χ1v) is 4.46. The zero-order chi connectivity index (χ0) is 10.7. The molecule has 0 radical (unpaired) electrons. The number of anilines is 1. The van der Waals surface area contributed by atoms with Crippen LogP contribution in [0.3, 0.4) is 0 Å². The van der Waals surface area contributed by atoms with Crippen LogP contribution in [0, 0.1) is 0 Å². The number of carboxylic acid groups (broad SMARTS) is 1. The minimum atomic E-state index is -1.14. The van der Waals surface area contributed by atoms with Gasteiger partial charge in [-0.1, -0.05) is 0 Å². The molecule has 1 amide bonds. The van der Waals surface area contributed by atoms with Crippen LogP contribution < -0.4 is 5.32 Å². The van der Waals surface area contributed by atoms with Crippen LogP contribution in [0.15, 0.2) is 16.7 Å². The molecule has 0 aromatic carbocycles. The molecule has 2 N–H and O–H groups in total. The van der Waals surface area contributed by atoms with E-state index in [1.54, 1.807) is 0 Å². The molecule has 0 saturated carbocycles. The van der Waals surface area contributed by atoms with Crippen LogP contribution >= 0.6 is 15.9 Å². The van der Waals surface area contributed by atoms with Gasteiger partial charge in [0.2, 0.25) is 5.91 Å². The van der Waals surface area contributed by atoms with E-state index in [2.05, 4.69) is 26.2 Å². The van der Waals surface area contributed by atoms with E-state index in [0.29, 0.717) is 10.2 Å². The minimum Gasteiger partial charge on any atom is -0.477 e. The number of nitrogens with zero attached hydrogens (tertiary/aromatic N) is 1. The fourth-order valence-corrected chi connectivity index (χ4v) is 1.16. The topological polar surface area (TPSA) is 79.3 Å². The number of carbonyl (C=O) groups is 2. The monoisotopic (exact) mass is 258 g/mol. The Kier molecular flexibility index (Phi) is 3.19. The van der Waals surface area contributed by atoms with Gasteiger partial charge in [-0.3, -0.25) is 4.79 Å². The molecule has 1 heterocycles. The Hall–Kier alpha value is -1.43. The Morgan fingerprint density at radius 1 is 1.57 bits per heavy atom. The van der Waals surface area contributed by atoms with Crippen LogP contribution in [0.4, 0.5) is 5.69 Å². The number of carbonyl (C=O) groups excluding carboxylic acids is 1. The van der Waals surface area contributed by atoms with Crippen molar-refractivity contribution in [1.82, 2.24) is 4.98 Å². The molecule has 1 aromatic heterocycles. The summed E-state index contributed by atoms with van der Waals surface area (Å²) in [5.41, 5.74) is 0.279. The lowest BCUT2D eigenvalue weighted by Crippen LogP contribution is -2.08. The van der Waals surface area contributed by atoms with Crippen molar-refractivity contribution in [2.24, 2.45) is 0 Å². The van der Waals surface area contributed by atoms with Gasteiger partial charge in [0.15, 0.2) is 0 Å².